The second-order valence-electron chi connectivity index (χ2n) is 8.55. The number of hydrogen-bond acceptors (Lipinski definition) is 5. The van der Waals surface area contributed by atoms with Crippen molar-refractivity contribution in [3.63, 3.8) is 0 Å². The fraction of sp³-hybridized carbons (Fsp3) is 0.375. The fourth-order valence-corrected chi connectivity index (χ4v) is 4.03. The number of carbonyl (C=O) groups is 2. The number of pyridine rings is 1. The van der Waals surface area contributed by atoms with E-state index in [9.17, 15) is 14.4 Å². The lowest BCUT2D eigenvalue weighted by molar-refractivity contribution is 0.0697. The topological polar surface area (TPSA) is 97.2 Å². The van der Waals surface area contributed by atoms with Crippen molar-refractivity contribution in [3.8, 4) is 0 Å². The molecule has 8 nitrogen and oxygen atoms in total. The van der Waals surface area contributed by atoms with Gasteiger partial charge in [0.2, 0.25) is 0 Å². The van der Waals surface area contributed by atoms with Gasteiger partial charge in [-0.15, -0.1) is 0 Å². The van der Waals surface area contributed by atoms with Crippen LogP contribution in [0.3, 0.4) is 0 Å². The summed E-state index contributed by atoms with van der Waals surface area (Å²) in [6, 6.07) is 10.4. The minimum absolute atomic E-state index is 0.0226. The fourth-order valence-electron chi connectivity index (χ4n) is 4.03. The number of nitrogens with one attached hydrogen (secondary N) is 1. The molecule has 3 aromatic rings. The van der Waals surface area contributed by atoms with Gasteiger partial charge in [0.05, 0.1) is 5.39 Å². The number of aromatic nitrogens is 3. The molecule has 3 heterocycles. The summed E-state index contributed by atoms with van der Waals surface area (Å²) < 4.78 is 1.39. The standard InChI is InChI=1S/C24H27N5O3/c1-16(2)15-29-24(32)20-6-4-3-5-19(20)21(27-29)22(30)26-18-9-13-28(14-10-18)23(31)17-7-11-25-12-8-17/h3-8,11-12,16,18H,9-10,13-15H2,1-2H3,(H,26,30). The van der Waals surface area contributed by atoms with E-state index in [4.69, 9.17) is 0 Å². The predicted octanol–water partition coefficient (Wildman–Crippen LogP) is 2.48. The first-order valence-corrected chi connectivity index (χ1v) is 10.9. The van der Waals surface area contributed by atoms with Crippen LogP contribution in [0.2, 0.25) is 0 Å². The maximum Gasteiger partial charge on any atom is 0.274 e. The molecule has 1 aliphatic heterocycles. The van der Waals surface area contributed by atoms with E-state index < -0.39 is 0 Å². The Morgan fingerprint density at radius 2 is 1.72 bits per heavy atom. The number of benzene rings is 1. The first kappa shape index (κ1) is 21.7. The van der Waals surface area contributed by atoms with Crippen molar-refractivity contribution in [2.75, 3.05) is 13.1 Å². The Morgan fingerprint density at radius 3 is 2.38 bits per heavy atom. The number of rotatable bonds is 5. The minimum Gasteiger partial charge on any atom is -0.348 e. The first-order valence-electron chi connectivity index (χ1n) is 10.9. The highest BCUT2D eigenvalue weighted by Crippen LogP contribution is 2.17. The van der Waals surface area contributed by atoms with Crippen molar-refractivity contribution in [1.82, 2.24) is 25.0 Å². The van der Waals surface area contributed by atoms with E-state index in [-0.39, 0.29) is 35.0 Å². The van der Waals surface area contributed by atoms with Crippen LogP contribution in [0.15, 0.2) is 53.6 Å². The third kappa shape index (κ3) is 4.54. The van der Waals surface area contributed by atoms with Crippen LogP contribution in [-0.4, -0.2) is 50.6 Å². The van der Waals surface area contributed by atoms with Crippen molar-refractivity contribution < 1.29 is 9.59 Å². The summed E-state index contributed by atoms with van der Waals surface area (Å²) >= 11 is 0. The van der Waals surface area contributed by atoms with Crippen molar-refractivity contribution >= 4 is 22.6 Å². The average molecular weight is 434 g/mol. The molecule has 166 valence electrons. The minimum atomic E-state index is -0.294. The molecular formula is C24H27N5O3. The number of amides is 2. The van der Waals surface area contributed by atoms with Gasteiger partial charge in [-0.25, -0.2) is 4.68 Å². The quantitative estimate of drug-likeness (QED) is 0.667. The lowest BCUT2D eigenvalue weighted by atomic mass is 10.0. The summed E-state index contributed by atoms with van der Waals surface area (Å²) in [4.78, 5) is 44.3. The second kappa shape index (κ2) is 9.30. The molecule has 1 aliphatic rings. The van der Waals surface area contributed by atoms with Crippen molar-refractivity contribution in [3.05, 3.63) is 70.4 Å². The monoisotopic (exact) mass is 433 g/mol. The zero-order valence-corrected chi connectivity index (χ0v) is 18.3. The predicted molar refractivity (Wildman–Crippen MR) is 121 cm³/mol. The number of nitrogens with zero attached hydrogens (tertiary/aromatic N) is 4. The smallest absolute Gasteiger partial charge is 0.274 e. The van der Waals surface area contributed by atoms with E-state index in [0.29, 0.717) is 48.8 Å². The van der Waals surface area contributed by atoms with E-state index in [1.54, 1.807) is 53.7 Å². The van der Waals surface area contributed by atoms with Gasteiger partial charge >= 0.3 is 0 Å². The maximum absolute atomic E-state index is 13.1. The molecule has 0 aliphatic carbocycles. The summed E-state index contributed by atoms with van der Waals surface area (Å²) in [5, 5.41) is 8.52. The molecule has 1 fully saturated rings. The molecule has 2 amide bonds. The van der Waals surface area contributed by atoms with Gasteiger partial charge in [0, 0.05) is 49.0 Å². The lowest BCUT2D eigenvalue weighted by Gasteiger charge is -2.32. The summed E-state index contributed by atoms with van der Waals surface area (Å²) in [7, 11) is 0. The van der Waals surface area contributed by atoms with E-state index in [1.165, 1.54) is 4.68 Å². The highest BCUT2D eigenvalue weighted by Gasteiger charge is 2.26. The lowest BCUT2D eigenvalue weighted by Crippen LogP contribution is -2.47. The van der Waals surface area contributed by atoms with Crippen molar-refractivity contribution in [2.24, 2.45) is 5.92 Å². The molecule has 32 heavy (non-hydrogen) atoms. The van der Waals surface area contributed by atoms with Crippen LogP contribution in [0.25, 0.3) is 10.8 Å². The SMILES string of the molecule is CC(C)Cn1nc(C(=O)NC2CCN(C(=O)c3ccncc3)CC2)c2ccccc2c1=O. The molecule has 1 aromatic carbocycles. The van der Waals surface area contributed by atoms with Crippen LogP contribution in [0.4, 0.5) is 0 Å². The molecule has 2 aromatic heterocycles. The number of fused-ring (bicyclic) bond motifs is 1. The second-order valence-corrected chi connectivity index (χ2v) is 8.55. The Balaban J connectivity index is 1.48. The average Bonchev–Trinajstić information content (AvgIpc) is 2.81. The molecule has 1 saturated heterocycles. The molecule has 0 bridgehead atoms. The summed E-state index contributed by atoms with van der Waals surface area (Å²) in [6.45, 7) is 5.58. The molecule has 1 N–H and O–H groups in total. The number of piperidine rings is 1. The highest BCUT2D eigenvalue weighted by atomic mass is 16.2. The van der Waals surface area contributed by atoms with Gasteiger partial charge in [-0.05, 0) is 37.0 Å². The third-order valence-corrected chi connectivity index (χ3v) is 5.67. The van der Waals surface area contributed by atoms with Crippen LogP contribution in [0.5, 0.6) is 0 Å². The van der Waals surface area contributed by atoms with Gasteiger partial charge in [0.25, 0.3) is 17.4 Å². The summed E-state index contributed by atoms with van der Waals surface area (Å²) in [6.07, 6.45) is 4.53. The molecule has 0 atom stereocenters. The zero-order valence-electron chi connectivity index (χ0n) is 18.3. The van der Waals surface area contributed by atoms with Gasteiger partial charge in [-0.1, -0.05) is 32.0 Å². The highest BCUT2D eigenvalue weighted by molar-refractivity contribution is 6.04. The number of carbonyl (C=O) groups excluding carboxylic acids is 2. The van der Waals surface area contributed by atoms with Crippen LogP contribution in [0, 0.1) is 5.92 Å². The number of likely N-dealkylation sites (tertiary alicyclic amines) is 1. The van der Waals surface area contributed by atoms with Crippen molar-refractivity contribution in [1.29, 1.82) is 0 Å². The number of hydrogen-bond donors (Lipinski definition) is 1. The first-order chi connectivity index (χ1) is 15.4. The molecule has 0 spiro atoms. The normalized spacial score (nSPS) is 14.7. The molecule has 0 unspecified atom stereocenters. The van der Waals surface area contributed by atoms with Gasteiger partial charge in [0.1, 0.15) is 0 Å². The molecule has 0 saturated carbocycles. The van der Waals surface area contributed by atoms with Crippen LogP contribution < -0.4 is 10.9 Å². The molecule has 0 radical (unpaired) electrons. The van der Waals surface area contributed by atoms with Crippen LogP contribution in [-0.2, 0) is 6.54 Å². The summed E-state index contributed by atoms with van der Waals surface area (Å²) in [5.74, 6) is -0.0947. The van der Waals surface area contributed by atoms with E-state index in [2.05, 4.69) is 15.4 Å². The van der Waals surface area contributed by atoms with Crippen LogP contribution in [0.1, 0.15) is 47.5 Å². The Morgan fingerprint density at radius 1 is 1.06 bits per heavy atom. The van der Waals surface area contributed by atoms with E-state index >= 15 is 0 Å². The van der Waals surface area contributed by atoms with Gasteiger partial charge in [-0.2, -0.15) is 5.10 Å². The van der Waals surface area contributed by atoms with E-state index in [1.807, 2.05) is 13.8 Å². The largest absolute Gasteiger partial charge is 0.348 e. The van der Waals surface area contributed by atoms with E-state index in [0.717, 1.165) is 0 Å². The molecular weight excluding hydrogens is 406 g/mol. The van der Waals surface area contributed by atoms with Crippen LogP contribution >= 0.6 is 0 Å². The molecule has 8 heteroatoms. The zero-order chi connectivity index (χ0) is 22.7. The Kier molecular flexibility index (Phi) is 6.30. The Labute approximate surface area is 186 Å². The molecule has 4 rings (SSSR count). The Bertz CT molecular complexity index is 1180. The Hall–Kier alpha value is -3.55. The van der Waals surface area contributed by atoms with Gasteiger partial charge < -0.3 is 10.2 Å². The maximum atomic E-state index is 13.1. The third-order valence-electron chi connectivity index (χ3n) is 5.67. The van der Waals surface area contributed by atoms with Crippen molar-refractivity contribution in [2.45, 2.75) is 39.3 Å². The summed E-state index contributed by atoms with van der Waals surface area (Å²) in [5.41, 5.74) is 0.690. The van der Waals surface area contributed by atoms with Gasteiger partial charge in [-0.3, -0.25) is 19.4 Å². The van der Waals surface area contributed by atoms with Gasteiger partial charge in [0.15, 0.2) is 5.69 Å².